The van der Waals surface area contributed by atoms with Crippen LogP contribution in [0.25, 0.3) is 0 Å². The minimum absolute atomic E-state index is 0. The van der Waals surface area contributed by atoms with Crippen LogP contribution in [-0.2, 0) is 4.79 Å². The zero-order valence-corrected chi connectivity index (χ0v) is 16.8. The molecular formula is C19H30ClN3O4. The number of likely N-dealkylation sites (tertiary alicyclic amines) is 1. The summed E-state index contributed by atoms with van der Waals surface area (Å²) in [5.41, 5.74) is 6.00. The maximum absolute atomic E-state index is 12.3. The highest BCUT2D eigenvalue weighted by Gasteiger charge is 2.18. The van der Waals surface area contributed by atoms with E-state index in [0.717, 1.165) is 25.9 Å². The SMILES string of the molecule is CCOc1cc(C(=O)N[C@@H](C)CN)ccc1OCC(=O)N1CCCCC1.Cl. The van der Waals surface area contributed by atoms with Crippen LogP contribution in [0.2, 0.25) is 0 Å². The summed E-state index contributed by atoms with van der Waals surface area (Å²) in [6.45, 7) is 6.04. The number of benzene rings is 1. The minimum atomic E-state index is -0.222. The Morgan fingerprint density at radius 3 is 2.52 bits per heavy atom. The standard InChI is InChI=1S/C19H29N3O4.ClH/c1-3-25-17-11-15(19(24)21-14(2)12-20)7-8-16(17)26-13-18(23)22-9-5-4-6-10-22;/h7-8,11,14H,3-6,9-10,12-13,20H2,1-2H3,(H,21,24);1H/t14-;/m0./s1. The van der Waals surface area contributed by atoms with E-state index in [1.807, 2.05) is 18.7 Å². The van der Waals surface area contributed by atoms with Gasteiger partial charge in [0.25, 0.3) is 11.8 Å². The Morgan fingerprint density at radius 2 is 1.89 bits per heavy atom. The van der Waals surface area contributed by atoms with Crippen LogP contribution in [-0.4, -0.2) is 55.6 Å². The Balaban J connectivity index is 0.00000364. The van der Waals surface area contributed by atoms with E-state index in [9.17, 15) is 9.59 Å². The fraction of sp³-hybridized carbons (Fsp3) is 0.579. The summed E-state index contributed by atoms with van der Waals surface area (Å²) < 4.78 is 11.3. The molecule has 1 aromatic carbocycles. The molecule has 27 heavy (non-hydrogen) atoms. The highest BCUT2D eigenvalue weighted by Crippen LogP contribution is 2.28. The van der Waals surface area contributed by atoms with E-state index >= 15 is 0 Å². The van der Waals surface area contributed by atoms with Crippen molar-refractivity contribution in [1.29, 1.82) is 0 Å². The largest absolute Gasteiger partial charge is 0.490 e. The average Bonchev–Trinajstić information content (AvgIpc) is 2.67. The molecule has 152 valence electrons. The van der Waals surface area contributed by atoms with E-state index in [1.165, 1.54) is 6.42 Å². The number of hydrogen-bond donors (Lipinski definition) is 2. The number of rotatable bonds is 8. The highest BCUT2D eigenvalue weighted by molar-refractivity contribution is 5.95. The lowest BCUT2D eigenvalue weighted by atomic mass is 10.1. The number of carbonyl (C=O) groups excluding carboxylic acids is 2. The third-order valence-corrected chi connectivity index (χ3v) is 4.30. The van der Waals surface area contributed by atoms with Gasteiger partial charge in [-0.1, -0.05) is 0 Å². The van der Waals surface area contributed by atoms with E-state index in [2.05, 4.69) is 5.32 Å². The number of nitrogens with zero attached hydrogens (tertiary/aromatic N) is 1. The smallest absolute Gasteiger partial charge is 0.260 e. The van der Waals surface area contributed by atoms with E-state index in [0.29, 0.717) is 30.2 Å². The van der Waals surface area contributed by atoms with Crippen LogP contribution in [0.3, 0.4) is 0 Å². The van der Waals surface area contributed by atoms with E-state index in [1.54, 1.807) is 18.2 Å². The van der Waals surface area contributed by atoms with Crippen molar-refractivity contribution in [2.75, 3.05) is 32.8 Å². The lowest BCUT2D eigenvalue weighted by Gasteiger charge is -2.26. The van der Waals surface area contributed by atoms with Crippen LogP contribution in [0.15, 0.2) is 18.2 Å². The quantitative estimate of drug-likeness (QED) is 0.697. The van der Waals surface area contributed by atoms with Gasteiger partial charge in [0, 0.05) is 31.2 Å². The predicted molar refractivity (Wildman–Crippen MR) is 107 cm³/mol. The summed E-state index contributed by atoms with van der Waals surface area (Å²) in [5.74, 6) is 0.665. The summed E-state index contributed by atoms with van der Waals surface area (Å²) in [6, 6.07) is 4.83. The molecule has 1 saturated heterocycles. The molecule has 1 aliphatic heterocycles. The van der Waals surface area contributed by atoms with Gasteiger partial charge < -0.3 is 25.4 Å². The van der Waals surface area contributed by atoms with Crippen molar-refractivity contribution in [2.24, 2.45) is 5.73 Å². The number of halogens is 1. The number of amides is 2. The summed E-state index contributed by atoms with van der Waals surface area (Å²) >= 11 is 0. The minimum Gasteiger partial charge on any atom is -0.490 e. The normalized spacial score (nSPS) is 14.7. The van der Waals surface area contributed by atoms with Crippen LogP contribution in [0.1, 0.15) is 43.5 Å². The molecule has 0 saturated carbocycles. The molecule has 1 fully saturated rings. The first-order valence-corrected chi connectivity index (χ1v) is 9.23. The highest BCUT2D eigenvalue weighted by atomic mass is 35.5. The number of piperidine rings is 1. The van der Waals surface area contributed by atoms with Crippen LogP contribution >= 0.6 is 12.4 Å². The van der Waals surface area contributed by atoms with Crippen LogP contribution in [0.5, 0.6) is 11.5 Å². The van der Waals surface area contributed by atoms with E-state index in [4.69, 9.17) is 15.2 Å². The average molecular weight is 400 g/mol. The van der Waals surface area contributed by atoms with Crippen molar-refractivity contribution in [2.45, 2.75) is 39.2 Å². The van der Waals surface area contributed by atoms with E-state index in [-0.39, 0.29) is 36.9 Å². The number of ether oxygens (including phenoxy) is 2. The Kier molecular flexibility index (Phi) is 9.96. The molecule has 0 spiro atoms. The van der Waals surface area contributed by atoms with Gasteiger partial charge in [0.2, 0.25) is 0 Å². The van der Waals surface area contributed by atoms with Crippen LogP contribution in [0.4, 0.5) is 0 Å². The van der Waals surface area contributed by atoms with Gasteiger partial charge in [0.15, 0.2) is 18.1 Å². The molecule has 0 aromatic heterocycles. The van der Waals surface area contributed by atoms with Crippen LogP contribution in [0, 0.1) is 0 Å². The molecule has 3 N–H and O–H groups in total. The molecule has 0 bridgehead atoms. The van der Waals surface area contributed by atoms with Crippen molar-refractivity contribution >= 4 is 24.2 Å². The summed E-state index contributed by atoms with van der Waals surface area (Å²) in [5, 5.41) is 2.81. The summed E-state index contributed by atoms with van der Waals surface area (Å²) in [7, 11) is 0. The Labute approximate surface area is 167 Å². The summed E-state index contributed by atoms with van der Waals surface area (Å²) in [6.07, 6.45) is 3.26. The third-order valence-electron chi connectivity index (χ3n) is 4.30. The molecule has 0 aliphatic carbocycles. The molecule has 7 nitrogen and oxygen atoms in total. The molecule has 0 radical (unpaired) electrons. The fourth-order valence-electron chi connectivity index (χ4n) is 2.78. The zero-order chi connectivity index (χ0) is 18.9. The van der Waals surface area contributed by atoms with Crippen molar-refractivity contribution in [3.8, 4) is 11.5 Å². The van der Waals surface area contributed by atoms with E-state index < -0.39 is 0 Å². The molecule has 2 amide bonds. The molecule has 1 atom stereocenters. The van der Waals surface area contributed by atoms with Crippen LogP contribution < -0.4 is 20.5 Å². The second-order valence-electron chi connectivity index (χ2n) is 6.43. The number of nitrogens with two attached hydrogens (primary N) is 1. The molecule has 1 aromatic rings. The van der Waals surface area contributed by atoms with Crippen molar-refractivity contribution < 1.29 is 19.1 Å². The van der Waals surface area contributed by atoms with Gasteiger partial charge in [0.05, 0.1) is 6.61 Å². The zero-order valence-electron chi connectivity index (χ0n) is 16.0. The van der Waals surface area contributed by atoms with Crippen molar-refractivity contribution in [1.82, 2.24) is 10.2 Å². The van der Waals surface area contributed by atoms with Crippen molar-refractivity contribution in [3.05, 3.63) is 23.8 Å². The summed E-state index contributed by atoms with van der Waals surface area (Å²) in [4.78, 5) is 26.3. The number of hydrogen-bond acceptors (Lipinski definition) is 5. The molecule has 1 aliphatic rings. The lowest BCUT2D eigenvalue weighted by Crippen LogP contribution is -2.38. The Morgan fingerprint density at radius 1 is 1.19 bits per heavy atom. The lowest BCUT2D eigenvalue weighted by molar-refractivity contribution is -0.134. The monoisotopic (exact) mass is 399 g/mol. The first-order valence-electron chi connectivity index (χ1n) is 9.23. The maximum Gasteiger partial charge on any atom is 0.260 e. The topological polar surface area (TPSA) is 93.9 Å². The maximum atomic E-state index is 12.3. The van der Waals surface area contributed by atoms with Gasteiger partial charge in [-0.05, 0) is 51.3 Å². The number of carbonyl (C=O) groups is 2. The Hall–Kier alpha value is -1.99. The molecule has 1 heterocycles. The third kappa shape index (κ3) is 6.92. The molecule has 2 rings (SSSR count). The molecular weight excluding hydrogens is 370 g/mol. The first kappa shape index (κ1) is 23.0. The van der Waals surface area contributed by atoms with Gasteiger partial charge in [-0.25, -0.2) is 0 Å². The number of nitrogens with one attached hydrogen (secondary N) is 1. The molecule has 0 unspecified atom stereocenters. The second kappa shape index (κ2) is 11.7. The van der Waals surface area contributed by atoms with Gasteiger partial charge in [-0.15, -0.1) is 12.4 Å². The molecule has 8 heteroatoms. The van der Waals surface area contributed by atoms with Gasteiger partial charge in [-0.3, -0.25) is 9.59 Å². The predicted octanol–water partition coefficient (Wildman–Crippen LogP) is 1.98. The Bertz CT molecular complexity index is 621. The van der Waals surface area contributed by atoms with Gasteiger partial charge in [-0.2, -0.15) is 0 Å². The second-order valence-corrected chi connectivity index (χ2v) is 6.43. The fourth-order valence-corrected chi connectivity index (χ4v) is 2.78. The van der Waals surface area contributed by atoms with Crippen molar-refractivity contribution in [3.63, 3.8) is 0 Å². The van der Waals surface area contributed by atoms with Gasteiger partial charge >= 0.3 is 0 Å². The van der Waals surface area contributed by atoms with Gasteiger partial charge in [0.1, 0.15) is 0 Å². The first-order chi connectivity index (χ1) is 12.5.